The molecular weight excluding hydrogens is 376 g/mol. The third kappa shape index (κ3) is 3.76. The zero-order valence-electron chi connectivity index (χ0n) is 14.0. The van der Waals surface area contributed by atoms with Crippen LogP contribution in [0.15, 0.2) is 53.9 Å². The van der Waals surface area contributed by atoms with Crippen LogP contribution in [-0.2, 0) is 9.84 Å². The number of halogens is 1. The minimum absolute atomic E-state index is 0.0795. The number of carbonyl (C=O) groups is 1. The van der Waals surface area contributed by atoms with Gasteiger partial charge in [0.2, 0.25) is 0 Å². The van der Waals surface area contributed by atoms with Crippen LogP contribution in [0, 0.1) is 6.92 Å². The van der Waals surface area contributed by atoms with E-state index in [1.807, 2.05) is 0 Å². The lowest BCUT2D eigenvalue weighted by Crippen LogP contribution is -2.16. The topological polar surface area (TPSA) is 94.0 Å². The molecule has 26 heavy (non-hydrogen) atoms. The van der Waals surface area contributed by atoms with E-state index in [-0.39, 0.29) is 10.5 Å². The van der Waals surface area contributed by atoms with Crippen molar-refractivity contribution in [1.82, 2.24) is 14.8 Å². The quantitative estimate of drug-likeness (QED) is 0.739. The molecule has 1 amide bonds. The maximum Gasteiger partial charge on any atom is 0.256 e. The van der Waals surface area contributed by atoms with Crippen molar-refractivity contribution in [3.8, 4) is 5.69 Å². The van der Waals surface area contributed by atoms with Crippen molar-refractivity contribution in [3.05, 3.63) is 65.2 Å². The predicted octanol–water partition coefficient (Wildman–Crippen LogP) is 2.88. The molecule has 1 aromatic heterocycles. The van der Waals surface area contributed by atoms with Crippen molar-refractivity contribution >= 4 is 33.0 Å². The van der Waals surface area contributed by atoms with Crippen LogP contribution in [0.25, 0.3) is 5.69 Å². The monoisotopic (exact) mass is 390 g/mol. The molecule has 3 aromatic rings. The molecule has 134 valence electrons. The minimum atomic E-state index is -3.42. The summed E-state index contributed by atoms with van der Waals surface area (Å²) in [5.41, 5.74) is 1.92. The fourth-order valence-electron chi connectivity index (χ4n) is 2.41. The van der Waals surface area contributed by atoms with Crippen molar-refractivity contribution in [2.24, 2.45) is 0 Å². The summed E-state index contributed by atoms with van der Waals surface area (Å²) in [5, 5.41) is 7.26. The molecule has 0 saturated carbocycles. The summed E-state index contributed by atoms with van der Waals surface area (Å²) < 4.78 is 25.0. The molecule has 0 radical (unpaired) electrons. The van der Waals surface area contributed by atoms with E-state index in [9.17, 15) is 13.2 Å². The number of benzene rings is 2. The molecule has 0 bridgehead atoms. The maximum atomic E-state index is 12.8. The second-order valence-corrected chi connectivity index (χ2v) is 8.16. The number of aryl methyl sites for hydroxylation is 1. The Labute approximate surface area is 155 Å². The van der Waals surface area contributed by atoms with Gasteiger partial charge in [0.05, 0.1) is 16.3 Å². The number of rotatable bonds is 4. The van der Waals surface area contributed by atoms with Crippen molar-refractivity contribution in [1.29, 1.82) is 0 Å². The predicted molar refractivity (Wildman–Crippen MR) is 98.6 cm³/mol. The smallest absolute Gasteiger partial charge is 0.256 e. The van der Waals surface area contributed by atoms with Gasteiger partial charge in [0.1, 0.15) is 12.7 Å². The van der Waals surface area contributed by atoms with Crippen molar-refractivity contribution in [2.45, 2.75) is 11.8 Å². The highest BCUT2D eigenvalue weighted by atomic mass is 35.5. The molecule has 0 atom stereocenters. The summed E-state index contributed by atoms with van der Waals surface area (Å²) in [7, 11) is -3.42. The van der Waals surface area contributed by atoms with Gasteiger partial charge in [0.25, 0.3) is 5.91 Å². The second-order valence-electron chi connectivity index (χ2n) is 5.70. The molecule has 0 aliphatic carbocycles. The lowest BCUT2D eigenvalue weighted by Gasteiger charge is -2.13. The molecule has 0 fully saturated rings. The Balaban J connectivity index is 2.00. The Bertz CT molecular complexity index is 1080. The first-order valence-electron chi connectivity index (χ1n) is 7.52. The number of hydrogen-bond acceptors (Lipinski definition) is 5. The standard InChI is InChI=1S/C17H15ClN4O3S/c1-11-3-5-13(26(2,24)25)8-14(11)17(23)21-15-7-12(18)4-6-16(15)22-10-19-9-20-22/h3-10H,1-2H3,(H,21,23). The fraction of sp³-hybridized carbons (Fsp3) is 0.118. The molecule has 1 heterocycles. The van der Waals surface area contributed by atoms with E-state index < -0.39 is 15.7 Å². The van der Waals surface area contributed by atoms with Gasteiger partial charge < -0.3 is 5.32 Å². The Morgan fingerprint density at radius 3 is 2.62 bits per heavy atom. The van der Waals surface area contributed by atoms with Crippen LogP contribution in [0.3, 0.4) is 0 Å². The first kappa shape index (κ1) is 18.1. The van der Waals surface area contributed by atoms with Gasteiger partial charge in [-0.1, -0.05) is 17.7 Å². The zero-order chi connectivity index (χ0) is 18.9. The van der Waals surface area contributed by atoms with Gasteiger partial charge in [0.15, 0.2) is 9.84 Å². The molecule has 1 N–H and O–H groups in total. The van der Waals surface area contributed by atoms with E-state index in [1.165, 1.54) is 29.5 Å². The third-order valence-corrected chi connectivity index (χ3v) is 5.10. The van der Waals surface area contributed by atoms with E-state index >= 15 is 0 Å². The number of nitrogens with zero attached hydrogens (tertiary/aromatic N) is 3. The molecule has 9 heteroatoms. The second kappa shape index (κ2) is 6.89. The number of aromatic nitrogens is 3. The number of carbonyl (C=O) groups excluding carboxylic acids is 1. The van der Waals surface area contributed by atoms with Crippen LogP contribution in [0.1, 0.15) is 15.9 Å². The van der Waals surface area contributed by atoms with Gasteiger partial charge in [0, 0.05) is 16.8 Å². The molecule has 7 nitrogen and oxygen atoms in total. The van der Waals surface area contributed by atoms with E-state index in [0.717, 1.165) is 6.26 Å². The fourth-order valence-corrected chi connectivity index (χ4v) is 3.23. The SMILES string of the molecule is Cc1ccc(S(C)(=O)=O)cc1C(=O)Nc1cc(Cl)ccc1-n1cncn1. The van der Waals surface area contributed by atoms with Gasteiger partial charge in [-0.3, -0.25) is 4.79 Å². The van der Waals surface area contributed by atoms with Crippen LogP contribution < -0.4 is 5.32 Å². The number of hydrogen-bond donors (Lipinski definition) is 1. The number of anilines is 1. The Hall–Kier alpha value is -2.71. The number of sulfone groups is 1. The summed E-state index contributed by atoms with van der Waals surface area (Å²) in [6.07, 6.45) is 3.97. The molecule has 0 spiro atoms. The van der Waals surface area contributed by atoms with Crippen molar-refractivity contribution in [2.75, 3.05) is 11.6 Å². The summed E-state index contributed by atoms with van der Waals surface area (Å²) in [5.74, 6) is -0.448. The van der Waals surface area contributed by atoms with Crippen LogP contribution in [0.2, 0.25) is 5.02 Å². The summed E-state index contributed by atoms with van der Waals surface area (Å²) in [6.45, 7) is 1.73. The Kier molecular flexibility index (Phi) is 4.80. The van der Waals surface area contributed by atoms with E-state index in [2.05, 4.69) is 15.4 Å². The molecule has 2 aromatic carbocycles. The minimum Gasteiger partial charge on any atom is -0.320 e. The Morgan fingerprint density at radius 1 is 1.19 bits per heavy atom. The first-order valence-corrected chi connectivity index (χ1v) is 9.79. The van der Waals surface area contributed by atoms with Gasteiger partial charge in [-0.15, -0.1) is 0 Å². The normalized spacial score (nSPS) is 11.3. The molecule has 3 rings (SSSR count). The van der Waals surface area contributed by atoms with Gasteiger partial charge >= 0.3 is 0 Å². The van der Waals surface area contributed by atoms with E-state index in [0.29, 0.717) is 22.0 Å². The maximum absolute atomic E-state index is 12.8. The summed E-state index contributed by atoms with van der Waals surface area (Å²) in [4.78, 5) is 16.7. The van der Waals surface area contributed by atoms with Crippen LogP contribution in [-0.4, -0.2) is 35.3 Å². The lowest BCUT2D eigenvalue weighted by atomic mass is 10.1. The molecule has 0 saturated heterocycles. The highest BCUT2D eigenvalue weighted by Gasteiger charge is 2.16. The van der Waals surface area contributed by atoms with Gasteiger partial charge in [-0.25, -0.2) is 18.1 Å². The lowest BCUT2D eigenvalue weighted by molar-refractivity contribution is 0.102. The summed E-state index contributed by atoms with van der Waals surface area (Å²) >= 11 is 6.05. The highest BCUT2D eigenvalue weighted by Crippen LogP contribution is 2.25. The van der Waals surface area contributed by atoms with Crippen LogP contribution in [0.5, 0.6) is 0 Å². The van der Waals surface area contributed by atoms with Crippen LogP contribution >= 0.6 is 11.6 Å². The first-order chi connectivity index (χ1) is 12.3. The van der Waals surface area contributed by atoms with Crippen LogP contribution in [0.4, 0.5) is 5.69 Å². The van der Waals surface area contributed by atoms with Gasteiger partial charge in [-0.2, -0.15) is 5.10 Å². The van der Waals surface area contributed by atoms with E-state index in [4.69, 9.17) is 11.6 Å². The number of amides is 1. The molecule has 0 aliphatic rings. The summed E-state index contributed by atoms with van der Waals surface area (Å²) in [6, 6.07) is 9.39. The molecular formula is C17H15ClN4O3S. The molecule has 0 aliphatic heterocycles. The largest absolute Gasteiger partial charge is 0.320 e. The zero-order valence-corrected chi connectivity index (χ0v) is 15.5. The highest BCUT2D eigenvalue weighted by molar-refractivity contribution is 7.90. The van der Waals surface area contributed by atoms with Crippen molar-refractivity contribution < 1.29 is 13.2 Å². The van der Waals surface area contributed by atoms with E-state index in [1.54, 1.807) is 31.2 Å². The van der Waals surface area contributed by atoms with Crippen molar-refractivity contribution in [3.63, 3.8) is 0 Å². The molecule has 0 unspecified atom stereocenters. The Morgan fingerprint density at radius 2 is 1.96 bits per heavy atom. The van der Waals surface area contributed by atoms with Gasteiger partial charge in [-0.05, 0) is 42.8 Å². The average Bonchev–Trinajstić information content (AvgIpc) is 3.08. The number of nitrogens with one attached hydrogen (secondary N) is 1. The average molecular weight is 391 g/mol. The third-order valence-electron chi connectivity index (χ3n) is 3.75.